The van der Waals surface area contributed by atoms with Crippen molar-refractivity contribution in [3.05, 3.63) is 12.2 Å². The van der Waals surface area contributed by atoms with Crippen molar-refractivity contribution in [2.24, 2.45) is 5.92 Å². The number of hydrogen-bond acceptors (Lipinski definition) is 1. The second-order valence-electron chi connectivity index (χ2n) is 5.13. The van der Waals surface area contributed by atoms with Gasteiger partial charge in [0.05, 0.1) is 5.60 Å². The van der Waals surface area contributed by atoms with Crippen LogP contribution in [0, 0.1) is 5.92 Å². The molecule has 0 aliphatic carbocycles. The lowest BCUT2D eigenvalue weighted by molar-refractivity contribution is -0.00447. The number of rotatable bonds is 6. The van der Waals surface area contributed by atoms with Crippen LogP contribution >= 0.6 is 0 Å². The van der Waals surface area contributed by atoms with Gasteiger partial charge in [-0.1, -0.05) is 26.0 Å². The Morgan fingerprint density at radius 1 is 1.14 bits per heavy atom. The zero-order valence-electron chi connectivity index (χ0n) is 10.5. The Morgan fingerprint density at radius 3 is 2.29 bits per heavy atom. The molecular formula is C13H26O. The molecule has 84 valence electrons. The smallest absolute Gasteiger partial charge is 0.0598 e. The summed E-state index contributed by atoms with van der Waals surface area (Å²) < 4.78 is 5.63. The minimum absolute atomic E-state index is 0.0216. The van der Waals surface area contributed by atoms with Gasteiger partial charge in [0.2, 0.25) is 0 Å². The Bertz CT molecular complexity index is 151. The Morgan fingerprint density at radius 2 is 1.79 bits per heavy atom. The summed E-state index contributed by atoms with van der Waals surface area (Å²) in [5.74, 6) is 0.681. The van der Waals surface area contributed by atoms with E-state index in [1.807, 2.05) is 0 Å². The monoisotopic (exact) mass is 198 g/mol. The summed E-state index contributed by atoms with van der Waals surface area (Å²) in [4.78, 5) is 0. The van der Waals surface area contributed by atoms with Gasteiger partial charge in [-0.25, -0.2) is 0 Å². The SMILES string of the molecule is CC(C)C=CCCCCOC(C)(C)C. The third kappa shape index (κ3) is 11.7. The molecule has 0 amide bonds. The van der Waals surface area contributed by atoms with Gasteiger partial charge in [-0.3, -0.25) is 0 Å². The topological polar surface area (TPSA) is 9.23 Å². The molecule has 0 heterocycles. The molecule has 0 bridgehead atoms. The maximum atomic E-state index is 5.63. The number of hydrogen-bond donors (Lipinski definition) is 0. The van der Waals surface area contributed by atoms with Crippen molar-refractivity contribution >= 4 is 0 Å². The molecule has 14 heavy (non-hydrogen) atoms. The first kappa shape index (κ1) is 13.7. The van der Waals surface area contributed by atoms with Crippen molar-refractivity contribution in [3.8, 4) is 0 Å². The quantitative estimate of drug-likeness (QED) is 0.459. The lowest BCUT2D eigenvalue weighted by atomic mass is 10.1. The zero-order valence-corrected chi connectivity index (χ0v) is 10.5. The van der Waals surface area contributed by atoms with Crippen LogP contribution in [-0.2, 0) is 4.74 Å². The average molecular weight is 198 g/mol. The van der Waals surface area contributed by atoms with E-state index in [-0.39, 0.29) is 5.60 Å². The van der Waals surface area contributed by atoms with E-state index >= 15 is 0 Å². The van der Waals surface area contributed by atoms with Crippen LogP contribution in [0.2, 0.25) is 0 Å². The van der Waals surface area contributed by atoms with E-state index in [2.05, 4.69) is 46.8 Å². The van der Waals surface area contributed by atoms with Crippen molar-refractivity contribution in [1.29, 1.82) is 0 Å². The van der Waals surface area contributed by atoms with Gasteiger partial charge in [-0.2, -0.15) is 0 Å². The van der Waals surface area contributed by atoms with E-state index in [9.17, 15) is 0 Å². The van der Waals surface area contributed by atoms with E-state index in [0.717, 1.165) is 6.61 Å². The van der Waals surface area contributed by atoms with Crippen molar-refractivity contribution in [2.75, 3.05) is 6.61 Å². The third-order valence-electron chi connectivity index (χ3n) is 1.82. The molecule has 0 aromatic heterocycles. The molecule has 0 saturated heterocycles. The lowest BCUT2D eigenvalue weighted by Gasteiger charge is -2.19. The Labute approximate surface area is 89.5 Å². The van der Waals surface area contributed by atoms with Crippen LogP contribution < -0.4 is 0 Å². The zero-order chi connectivity index (χ0) is 11.0. The highest BCUT2D eigenvalue weighted by molar-refractivity contribution is 4.83. The predicted octanol–water partition coefficient (Wildman–Crippen LogP) is 4.18. The summed E-state index contributed by atoms with van der Waals surface area (Å²) in [6.45, 7) is 11.6. The highest BCUT2D eigenvalue weighted by atomic mass is 16.5. The molecule has 0 aliphatic heterocycles. The molecule has 0 unspecified atom stereocenters. The van der Waals surface area contributed by atoms with E-state index in [4.69, 9.17) is 4.74 Å². The first-order valence-electron chi connectivity index (χ1n) is 5.72. The summed E-state index contributed by atoms with van der Waals surface area (Å²) in [7, 11) is 0. The lowest BCUT2D eigenvalue weighted by Crippen LogP contribution is -2.19. The molecule has 0 aromatic carbocycles. The maximum Gasteiger partial charge on any atom is 0.0598 e. The van der Waals surface area contributed by atoms with Crippen LogP contribution in [0.25, 0.3) is 0 Å². The summed E-state index contributed by atoms with van der Waals surface area (Å²) in [6, 6.07) is 0. The first-order chi connectivity index (χ1) is 6.42. The maximum absolute atomic E-state index is 5.63. The Balaban J connectivity index is 3.23. The molecule has 0 fully saturated rings. The molecule has 0 saturated carbocycles. The van der Waals surface area contributed by atoms with Crippen LogP contribution in [0.3, 0.4) is 0 Å². The molecule has 0 N–H and O–H groups in total. The second kappa shape index (κ2) is 7.05. The van der Waals surface area contributed by atoms with Crippen molar-refractivity contribution in [2.45, 2.75) is 59.5 Å². The van der Waals surface area contributed by atoms with Gasteiger partial charge in [-0.15, -0.1) is 0 Å². The highest BCUT2D eigenvalue weighted by Crippen LogP contribution is 2.08. The van der Waals surface area contributed by atoms with Gasteiger partial charge in [-0.05, 0) is 46.0 Å². The molecule has 0 aromatic rings. The summed E-state index contributed by atoms with van der Waals surface area (Å²) in [5.41, 5.74) is 0.0216. The van der Waals surface area contributed by atoms with E-state index < -0.39 is 0 Å². The fourth-order valence-electron chi connectivity index (χ4n) is 1.11. The normalized spacial score (nSPS) is 13.0. The van der Waals surface area contributed by atoms with E-state index in [1.165, 1.54) is 19.3 Å². The Hall–Kier alpha value is -0.300. The van der Waals surface area contributed by atoms with Crippen LogP contribution in [0.15, 0.2) is 12.2 Å². The summed E-state index contributed by atoms with van der Waals surface area (Å²) in [5, 5.41) is 0. The molecule has 0 atom stereocenters. The van der Waals surface area contributed by atoms with Gasteiger partial charge >= 0.3 is 0 Å². The van der Waals surface area contributed by atoms with E-state index in [0.29, 0.717) is 5.92 Å². The van der Waals surface area contributed by atoms with Gasteiger partial charge in [0, 0.05) is 6.61 Å². The van der Waals surface area contributed by atoms with Crippen LogP contribution in [0.1, 0.15) is 53.9 Å². The minimum atomic E-state index is 0.0216. The number of unbranched alkanes of at least 4 members (excludes halogenated alkanes) is 2. The van der Waals surface area contributed by atoms with Gasteiger partial charge in [0.15, 0.2) is 0 Å². The van der Waals surface area contributed by atoms with Crippen LogP contribution in [0.5, 0.6) is 0 Å². The Kier molecular flexibility index (Phi) is 6.90. The van der Waals surface area contributed by atoms with Gasteiger partial charge < -0.3 is 4.74 Å². The molecule has 0 rings (SSSR count). The molecule has 1 nitrogen and oxygen atoms in total. The van der Waals surface area contributed by atoms with Crippen LogP contribution in [0.4, 0.5) is 0 Å². The first-order valence-corrected chi connectivity index (χ1v) is 5.72. The molecular weight excluding hydrogens is 172 g/mol. The third-order valence-corrected chi connectivity index (χ3v) is 1.82. The molecule has 0 radical (unpaired) electrons. The van der Waals surface area contributed by atoms with Crippen LogP contribution in [-0.4, -0.2) is 12.2 Å². The molecule has 0 spiro atoms. The summed E-state index contributed by atoms with van der Waals surface area (Å²) in [6.07, 6.45) is 8.14. The fourth-order valence-corrected chi connectivity index (χ4v) is 1.11. The van der Waals surface area contributed by atoms with Gasteiger partial charge in [0.25, 0.3) is 0 Å². The second-order valence-corrected chi connectivity index (χ2v) is 5.13. The minimum Gasteiger partial charge on any atom is -0.376 e. The number of allylic oxidation sites excluding steroid dienone is 2. The van der Waals surface area contributed by atoms with E-state index in [1.54, 1.807) is 0 Å². The van der Waals surface area contributed by atoms with Gasteiger partial charge in [0.1, 0.15) is 0 Å². The highest BCUT2D eigenvalue weighted by Gasteiger charge is 2.08. The van der Waals surface area contributed by atoms with Crippen molar-refractivity contribution in [3.63, 3.8) is 0 Å². The summed E-state index contributed by atoms with van der Waals surface area (Å²) >= 11 is 0. The largest absolute Gasteiger partial charge is 0.376 e. The standard InChI is InChI=1S/C13H26O/c1-12(2)10-8-6-7-9-11-14-13(3,4)5/h8,10,12H,6-7,9,11H2,1-5H3. The average Bonchev–Trinajstić information content (AvgIpc) is 2.00. The fraction of sp³-hybridized carbons (Fsp3) is 0.846. The van der Waals surface area contributed by atoms with Crippen molar-refractivity contribution in [1.82, 2.24) is 0 Å². The molecule has 0 aliphatic rings. The predicted molar refractivity (Wildman–Crippen MR) is 63.5 cm³/mol. The van der Waals surface area contributed by atoms with Crippen molar-refractivity contribution < 1.29 is 4.74 Å². The number of ether oxygens (including phenoxy) is 1. The molecule has 1 heteroatoms.